The standard InChI is InChI=1S/C30H54O8/c1-7-8-21-38-30(28(36)37,25(24(6)31)26(32)33)29(27(34)35,19-15-11-9-13-17-22(2)3)20-16-12-10-14-18-23(4)5/h22-23,25H,7-21H2,1-6H3,(H,32,33)(H,34,35)(H,36,37). The number of aliphatic carboxylic acids is 3. The Labute approximate surface area is 229 Å². The number of hydrogen-bond acceptors (Lipinski definition) is 5. The van der Waals surface area contributed by atoms with Crippen LogP contribution in [0.25, 0.3) is 0 Å². The number of carbonyl (C=O) groups is 4. The van der Waals surface area contributed by atoms with Crippen LogP contribution in [0.2, 0.25) is 0 Å². The van der Waals surface area contributed by atoms with Crippen molar-refractivity contribution in [2.75, 3.05) is 6.61 Å². The smallest absolute Gasteiger partial charge is 0.338 e. The fraction of sp³-hybridized carbons (Fsp3) is 0.867. The topological polar surface area (TPSA) is 138 Å². The van der Waals surface area contributed by atoms with Gasteiger partial charge < -0.3 is 20.1 Å². The summed E-state index contributed by atoms with van der Waals surface area (Å²) in [5, 5.41) is 31.3. The van der Waals surface area contributed by atoms with E-state index in [1.54, 1.807) is 0 Å². The van der Waals surface area contributed by atoms with E-state index in [4.69, 9.17) is 4.74 Å². The fourth-order valence-corrected chi connectivity index (χ4v) is 5.43. The molecular formula is C30H54O8. The molecule has 0 saturated carbocycles. The number of hydrogen-bond donors (Lipinski definition) is 3. The van der Waals surface area contributed by atoms with E-state index in [0.717, 1.165) is 45.4 Å². The Kier molecular flexibility index (Phi) is 17.4. The zero-order chi connectivity index (χ0) is 29.4. The summed E-state index contributed by atoms with van der Waals surface area (Å²) in [6.07, 6.45) is 8.93. The van der Waals surface area contributed by atoms with Crippen molar-refractivity contribution in [3.05, 3.63) is 0 Å². The molecule has 0 radical (unpaired) electrons. The lowest BCUT2D eigenvalue weighted by molar-refractivity contribution is -0.219. The summed E-state index contributed by atoms with van der Waals surface area (Å²) in [6.45, 7) is 11.3. The molecular weight excluding hydrogens is 488 g/mol. The Morgan fingerprint density at radius 1 is 0.684 bits per heavy atom. The molecule has 2 atom stereocenters. The van der Waals surface area contributed by atoms with Gasteiger partial charge in [-0.05, 0) is 38.0 Å². The molecule has 0 aromatic heterocycles. The maximum absolute atomic E-state index is 13.1. The number of ketones is 1. The number of carboxylic acids is 3. The Morgan fingerprint density at radius 3 is 1.45 bits per heavy atom. The summed E-state index contributed by atoms with van der Waals surface area (Å²) < 4.78 is 5.88. The number of unbranched alkanes of at least 4 members (excludes halogenated alkanes) is 7. The highest BCUT2D eigenvalue weighted by Gasteiger charge is 2.69. The Balaban J connectivity index is 6.47. The largest absolute Gasteiger partial charge is 0.481 e. The molecule has 0 rings (SSSR count). The summed E-state index contributed by atoms with van der Waals surface area (Å²) in [7, 11) is 0. The third-order valence-corrected chi connectivity index (χ3v) is 7.60. The van der Waals surface area contributed by atoms with Crippen molar-refractivity contribution in [3.63, 3.8) is 0 Å². The minimum absolute atomic E-state index is 0.0640. The maximum Gasteiger partial charge on any atom is 0.338 e. The summed E-state index contributed by atoms with van der Waals surface area (Å²) in [5.41, 5.74) is -4.76. The van der Waals surface area contributed by atoms with Crippen molar-refractivity contribution < 1.29 is 39.2 Å². The quantitative estimate of drug-likeness (QED) is 0.0877. The Morgan fingerprint density at radius 2 is 1.13 bits per heavy atom. The Hall–Kier alpha value is -1.96. The van der Waals surface area contributed by atoms with Gasteiger partial charge in [0.2, 0.25) is 5.60 Å². The van der Waals surface area contributed by atoms with Crippen LogP contribution in [0.3, 0.4) is 0 Å². The molecule has 8 nitrogen and oxygen atoms in total. The lowest BCUT2D eigenvalue weighted by Crippen LogP contribution is -2.67. The van der Waals surface area contributed by atoms with Crippen molar-refractivity contribution in [2.24, 2.45) is 23.2 Å². The van der Waals surface area contributed by atoms with E-state index in [2.05, 4.69) is 27.7 Å². The lowest BCUT2D eigenvalue weighted by Gasteiger charge is -2.47. The van der Waals surface area contributed by atoms with E-state index < -0.39 is 40.6 Å². The predicted octanol–water partition coefficient (Wildman–Crippen LogP) is 6.98. The highest BCUT2D eigenvalue weighted by atomic mass is 16.5. The van der Waals surface area contributed by atoms with Gasteiger partial charge in [0.05, 0.1) is 0 Å². The molecule has 0 heterocycles. The molecule has 0 aliphatic rings. The number of rotatable bonds is 24. The molecule has 0 aromatic rings. The second-order valence-electron chi connectivity index (χ2n) is 11.7. The Bertz CT molecular complexity index is 696. The average molecular weight is 543 g/mol. The van der Waals surface area contributed by atoms with Crippen molar-refractivity contribution in [2.45, 2.75) is 137 Å². The summed E-state index contributed by atoms with van der Waals surface area (Å²) in [6, 6.07) is 0. The van der Waals surface area contributed by atoms with E-state index >= 15 is 0 Å². The minimum Gasteiger partial charge on any atom is -0.481 e. The van der Waals surface area contributed by atoms with Crippen LogP contribution in [-0.2, 0) is 23.9 Å². The normalized spacial score (nSPS) is 14.4. The van der Waals surface area contributed by atoms with Crippen LogP contribution in [0.1, 0.15) is 131 Å². The predicted molar refractivity (Wildman–Crippen MR) is 148 cm³/mol. The molecule has 3 N–H and O–H groups in total. The van der Waals surface area contributed by atoms with Gasteiger partial charge in [0.1, 0.15) is 11.2 Å². The summed E-state index contributed by atoms with van der Waals surface area (Å²) in [5.74, 6) is -6.71. The lowest BCUT2D eigenvalue weighted by atomic mass is 9.59. The van der Waals surface area contributed by atoms with Crippen molar-refractivity contribution in [1.82, 2.24) is 0 Å². The van der Waals surface area contributed by atoms with Gasteiger partial charge in [-0.15, -0.1) is 0 Å². The molecule has 222 valence electrons. The maximum atomic E-state index is 13.1. The molecule has 0 spiro atoms. The molecule has 0 aromatic carbocycles. The van der Waals surface area contributed by atoms with Crippen molar-refractivity contribution in [3.8, 4) is 0 Å². The number of carbonyl (C=O) groups excluding carboxylic acids is 1. The van der Waals surface area contributed by atoms with Crippen LogP contribution in [0.5, 0.6) is 0 Å². The third-order valence-electron chi connectivity index (χ3n) is 7.60. The van der Waals surface area contributed by atoms with E-state index in [1.165, 1.54) is 0 Å². The number of ether oxygens (including phenoxy) is 1. The van der Waals surface area contributed by atoms with Crippen LogP contribution in [0.4, 0.5) is 0 Å². The van der Waals surface area contributed by atoms with Gasteiger partial charge in [-0.3, -0.25) is 14.4 Å². The minimum atomic E-state index is -2.71. The van der Waals surface area contributed by atoms with Crippen LogP contribution in [0.15, 0.2) is 0 Å². The van der Waals surface area contributed by atoms with Crippen LogP contribution in [-0.4, -0.2) is 51.2 Å². The van der Waals surface area contributed by atoms with Gasteiger partial charge in [0.15, 0.2) is 5.92 Å². The molecule has 38 heavy (non-hydrogen) atoms. The molecule has 0 fully saturated rings. The molecule has 8 heteroatoms. The number of carboxylic acid groups (broad SMARTS) is 3. The summed E-state index contributed by atoms with van der Waals surface area (Å²) in [4.78, 5) is 51.2. The average Bonchev–Trinajstić information content (AvgIpc) is 2.80. The zero-order valence-electron chi connectivity index (χ0n) is 24.7. The van der Waals surface area contributed by atoms with Crippen LogP contribution in [0, 0.1) is 23.2 Å². The van der Waals surface area contributed by atoms with E-state index in [0.29, 0.717) is 50.4 Å². The highest BCUT2D eigenvalue weighted by molar-refractivity contribution is 6.06. The molecule has 0 saturated heterocycles. The number of Topliss-reactive ketones (excluding diaryl/α,β-unsaturated/α-hetero) is 1. The SMILES string of the molecule is CCCCOC(C(=O)O)(C(C(C)=O)C(=O)O)C(CCCCCCC(C)C)(CCCCCCC(C)C)C(=O)O. The van der Waals surface area contributed by atoms with E-state index in [-0.39, 0.29) is 19.4 Å². The van der Waals surface area contributed by atoms with Gasteiger partial charge >= 0.3 is 17.9 Å². The highest BCUT2D eigenvalue weighted by Crippen LogP contribution is 2.49. The van der Waals surface area contributed by atoms with Gasteiger partial charge in [-0.2, -0.15) is 0 Å². The van der Waals surface area contributed by atoms with Crippen molar-refractivity contribution in [1.29, 1.82) is 0 Å². The van der Waals surface area contributed by atoms with Crippen LogP contribution >= 0.6 is 0 Å². The fourth-order valence-electron chi connectivity index (χ4n) is 5.43. The molecule has 0 aliphatic carbocycles. The first-order valence-electron chi connectivity index (χ1n) is 14.6. The van der Waals surface area contributed by atoms with Gasteiger partial charge in [0, 0.05) is 6.61 Å². The van der Waals surface area contributed by atoms with Gasteiger partial charge in [0.25, 0.3) is 0 Å². The van der Waals surface area contributed by atoms with Crippen molar-refractivity contribution >= 4 is 23.7 Å². The summed E-state index contributed by atoms with van der Waals surface area (Å²) >= 11 is 0. The first kappa shape index (κ1) is 36.0. The van der Waals surface area contributed by atoms with E-state index in [1.807, 2.05) is 6.92 Å². The van der Waals surface area contributed by atoms with Gasteiger partial charge in [-0.1, -0.05) is 105 Å². The molecule has 0 amide bonds. The van der Waals surface area contributed by atoms with Crippen LogP contribution < -0.4 is 0 Å². The first-order valence-corrected chi connectivity index (χ1v) is 14.6. The first-order chi connectivity index (χ1) is 17.8. The molecule has 2 unspecified atom stereocenters. The van der Waals surface area contributed by atoms with Gasteiger partial charge in [-0.25, -0.2) is 4.79 Å². The molecule has 0 bridgehead atoms. The third kappa shape index (κ3) is 10.7. The van der Waals surface area contributed by atoms with E-state index in [9.17, 15) is 34.5 Å². The second-order valence-corrected chi connectivity index (χ2v) is 11.7. The molecule has 0 aliphatic heterocycles. The zero-order valence-corrected chi connectivity index (χ0v) is 24.7. The monoisotopic (exact) mass is 542 g/mol. The second kappa shape index (κ2) is 18.3.